The molecule has 1 aromatic carbocycles. The van der Waals surface area contributed by atoms with Gasteiger partial charge in [-0.2, -0.15) is 0 Å². The number of hydrogen-bond acceptors (Lipinski definition) is 7. The number of hydrogen-bond donors (Lipinski definition) is 2. The third-order valence-electron chi connectivity index (χ3n) is 5.83. The zero-order valence-electron chi connectivity index (χ0n) is 17.7. The highest BCUT2D eigenvalue weighted by Crippen LogP contribution is 2.43. The van der Waals surface area contributed by atoms with Crippen molar-refractivity contribution in [2.75, 3.05) is 18.9 Å². The van der Waals surface area contributed by atoms with Crippen molar-refractivity contribution in [2.24, 2.45) is 5.92 Å². The number of nitrogens with one attached hydrogen (secondary N) is 1. The molecule has 0 bridgehead atoms. The number of benzene rings is 1. The second-order valence-electron chi connectivity index (χ2n) is 8.20. The Morgan fingerprint density at radius 2 is 2.00 bits per heavy atom. The van der Waals surface area contributed by atoms with Crippen LogP contribution >= 0.6 is 0 Å². The monoisotopic (exact) mass is 424 g/mol. The number of nitrogens with zero attached hydrogens (tertiary/aromatic N) is 3. The maximum Gasteiger partial charge on any atom is 0.239 e. The normalized spacial score (nSPS) is 16.9. The van der Waals surface area contributed by atoms with Crippen LogP contribution in [0.2, 0.25) is 0 Å². The highest BCUT2D eigenvalue weighted by Gasteiger charge is 2.44. The molecule has 1 aliphatic carbocycles. The lowest BCUT2D eigenvalue weighted by Gasteiger charge is -2.36. The maximum absolute atomic E-state index is 12.1. The van der Waals surface area contributed by atoms with E-state index in [0.717, 1.165) is 31.2 Å². The van der Waals surface area contributed by atoms with Gasteiger partial charge in [0.05, 0.1) is 19.3 Å². The predicted octanol–water partition coefficient (Wildman–Crippen LogP) is 3.55. The van der Waals surface area contributed by atoms with Crippen molar-refractivity contribution >= 4 is 11.7 Å². The van der Waals surface area contributed by atoms with E-state index in [2.05, 4.69) is 15.5 Å². The molecule has 0 radical (unpaired) electrons. The van der Waals surface area contributed by atoms with E-state index in [1.165, 1.54) is 12.7 Å². The predicted molar refractivity (Wildman–Crippen MR) is 114 cm³/mol. The highest BCUT2D eigenvalue weighted by atomic mass is 16.5. The largest absolute Gasteiger partial charge is 0.441 e. The van der Waals surface area contributed by atoms with E-state index < -0.39 is 5.60 Å². The number of rotatable bonds is 8. The van der Waals surface area contributed by atoms with Crippen molar-refractivity contribution < 1.29 is 18.8 Å². The molecule has 4 rings (SSSR count). The standard InChI is InChI=1S/C23H28N4O4/c1-27(16-21(28)25-20-12-13-30-26-20)15-19-14-24-22(31-19)23(29,17-8-4-2-5-9-17)18-10-6-3-7-11-18/h2,4-5,8-9,12-14,18,29H,3,6-7,10-11,15-16H2,1H3,(H,25,26,28)/t23-/m0/s1. The molecule has 3 aromatic rings. The van der Waals surface area contributed by atoms with Gasteiger partial charge in [-0.3, -0.25) is 9.69 Å². The van der Waals surface area contributed by atoms with E-state index in [0.29, 0.717) is 24.0 Å². The molecule has 8 nitrogen and oxygen atoms in total. The smallest absolute Gasteiger partial charge is 0.239 e. The van der Waals surface area contributed by atoms with Crippen LogP contribution in [0.3, 0.4) is 0 Å². The first kappa shape index (κ1) is 21.3. The lowest BCUT2D eigenvalue weighted by Crippen LogP contribution is -2.38. The van der Waals surface area contributed by atoms with Gasteiger partial charge in [0.15, 0.2) is 11.4 Å². The Bertz CT molecular complexity index is 967. The van der Waals surface area contributed by atoms with Gasteiger partial charge in [-0.15, -0.1) is 0 Å². The van der Waals surface area contributed by atoms with Crippen LogP contribution in [0.15, 0.2) is 57.8 Å². The number of carbonyl (C=O) groups excluding carboxylic acids is 1. The summed E-state index contributed by atoms with van der Waals surface area (Å²) in [7, 11) is 1.81. The summed E-state index contributed by atoms with van der Waals surface area (Å²) < 4.78 is 10.8. The van der Waals surface area contributed by atoms with Gasteiger partial charge in [0.1, 0.15) is 12.0 Å². The van der Waals surface area contributed by atoms with Crippen molar-refractivity contribution in [2.45, 2.75) is 44.2 Å². The minimum atomic E-state index is -1.26. The van der Waals surface area contributed by atoms with Crippen molar-refractivity contribution in [1.82, 2.24) is 15.0 Å². The molecule has 8 heteroatoms. The molecule has 2 aromatic heterocycles. The Balaban J connectivity index is 1.47. The van der Waals surface area contributed by atoms with Crippen LogP contribution in [0.4, 0.5) is 5.82 Å². The van der Waals surface area contributed by atoms with Gasteiger partial charge in [-0.25, -0.2) is 4.98 Å². The third-order valence-corrected chi connectivity index (χ3v) is 5.83. The first-order valence-corrected chi connectivity index (χ1v) is 10.7. The summed E-state index contributed by atoms with van der Waals surface area (Å²) in [6.45, 7) is 0.531. The Hall–Kier alpha value is -2.97. The van der Waals surface area contributed by atoms with Gasteiger partial charge in [-0.05, 0) is 25.5 Å². The molecule has 0 saturated heterocycles. The van der Waals surface area contributed by atoms with Gasteiger partial charge in [0.25, 0.3) is 0 Å². The second-order valence-corrected chi connectivity index (χ2v) is 8.20. The van der Waals surface area contributed by atoms with Crippen LogP contribution in [0.25, 0.3) is 0 Å². The Morgan fingerprint density at radius 3 is 2.71 bits per heavy atom. The topological polar surface area (TPSA) is 105 Å². The fraction of sp³-hybridized carbons (Fsp3) is 0.435. The Labute approximate surface area is 181 Å². The Kier molecular flexibility index (Phi) is 6.48. The molecule has 1 amide bonds. The van der Waals surface area contributed by atoms with Crippen LogP contribution in [0, 0.1) is 5.92 Å². The summed E-state index contributed by atoms with van der Waals surface area (Å²) >= 11 is 0. The summed E-state index contributed by atoms with van der Waals surface area (Å²) in [6.07, 6.45) is 8.29. The summed E-state index contributed by atoms with van der Waals surface area (Å²) in [6, 6.07) is 11.2. The average molecular weight is 425 g/mol. The van der Waals surface area contributed by atoms with Crippen LogP contribution in [0.1, 0.15) is 49.3 Å². The van der Waals surface area contributed by atoms with Crippen molar-refractivity contribution in [1.29, 1.82) is 0 Å². The summed E-state index contributed by atoms with van der Waals surface area (Å²) in [4.78, 5) is 18.4. The first-order valence-electron chi connectivity index (χ1n) is 10.7. The van der Waals surface area contributed by atoms with Gasteiger partial charge < -0.3 is 19.4 Å². The summed E-state index contributed by atoms with van der Waals surface area (Å²) in [5, 5.41) is 18.2. The van der Waals surface area contributed by atoms with Gasteiger partial charge in [0, 0.05) is 12.0 Å². The number of oxazole rings is 1. The molecule has 1 atom stereocenters. The van der Waals surface area contributed by atoms with Crippen LogP contribution in [-0.2, 0) is 16.9 Å². The number of aliphatic hydroxyl groups is 1. The van der Waals surface area contributed by atoms with Gasteiger partial charge in [-0.1, -0.05) is 54.8 Å². The van der Waals surface area contributed by atoms with E-state index in [9.17, 15) is 9.90 Å². The van der Waals surface area contributed by atoms with Gasteiger partial charge in [0.2, 0.25) is 11.8 Å². The summed E-state index contributed by atoms with van der Waals surface area (Å²) in [5.41, 5.74) is -0.460. The number of amides is 1. The Morgan fingerprint density at radius 1 is 1.23 bits per heavy atom. The van der Waals surface area contributed by atoms with Crippen LogP contribution in [0.5, 0.6) is 0 Å². The lowest BCUT2D eigenvalue weighted by atomic mass is 9.73. The fourth-order valence-electron chi connectivity index (χ4n) is 4.33. The minimum Gasteiger partial charge on any atom is -0.441 e. The first-order chi connectivity index (χ1) is 15.1. The van der Waals surface area contributed by atoms with E-state index in [-0.39, 0.29) is 18.4 Å². The molecule has 0 spiro atoms. The molecule has 0 unspecified atom stereocenters. The maximum atomic E-state index is 12.1. The molecular weight excluding hydrogens is 396 g/mol. The van der Waals surface area contributed by atoms with E-state index >= 15 is 0 Å². The van der Waals surface area contributed by atoms with E-state index in [4.69, 9.17) is 8.94 Å². The average Bonchev–Trinajstić information content (AvgIpc) is 3.46. The number of carbonyl (C=O) groups is 1. The third kappa shape index (κ3) is 4.86. The quantitative estimate of drug-likeness (QED) is 0.570. The molecular formula is C23H28N4O4. The molecule has 0 aliphatic heterocycles. The van der Waals surface area contributed by atoms with Crippen LogP contribution in [-0.4, -0.2) is 39.6 Å². The molecule has 31 heavy (non-hydrogen) atoms. The summed E-state index contributed by atoms with van der Waals surface area (Å²) in [5.74, 6) is 1.14. The highest BCUT2D eigenvalue weighted by molar-refractivity contribution is 5.91. The minimum absolute atomic E-state index is 0.0566. The molecule has 2 N–H and O–H groups in total. The molecule has 1 fully saturated rings. The van der Waals surface area contributed by atoms with Gasteiger partial charge >= 0.3 is 0 Å². The number of anilines is 1. The van der Waals surface area contributed by atoms with Crippen molar-refractivity contribution in [3.8, 4) is 0 Å². The molecule has 1 aliphatic rings. The second kappa shape index (κ2) is 9.45. The van der Waals surface area contributed by atoms with E-state index in [1.807, 2.05) is 42.3 Å². The SMILES string of the molecule is CN(CC(=O)Nc1ccon1)Cc1cnc([C@](O)(c2ccccc2)C2CCCCC2)o1. The lowest BCUT2D eigenvalue weighted by molar-refractivity contribution is -0.117. The molecule has 164 valence electrons. The zero-order chi connectivity index (χ0) is 21.7. The number of aromatic nitrogens is 2. The van der Waals surface area contributed by atoms with Crippen molar-refractivity contribution in [3.05, 3.63) is 66.1 Å². The molecule has 1 saturated carbocycles. The van der Waals surface area contributed by atoms with E-state index in [1.54, 1.807) is 12.3 Å². The van der Waals surface area contributed by atoms with Crippen LogP contribution < -0.4 is 5.32 Å². The molecule has 2 heterocycles. The number of likely N-dealkylation sites (N-methyl/N-ethyl adjacent to an activating group) is 1. The van der Waals surface area contributed by atoms with Crippen molar-refractivity contribution in [3.63, 3.8) is 0 Å². The fourth-order valence-corrected chi connectivity index (χ4v) is 4.33. The zero-order valence-corrected chi connectivity index (χ0v) is 17.7.